The van der Waals surface area contributed by atoms with E-state index in [2.05, 4.69) is 22.1 Å². The molecule has 2 heterocycles. The highest BCUT2D eigenvalue weighted by atomic mass is 16.5. The fourth-order valence-corrected chi connectivity index (χ4v) is 3.03. The van der Waals surface area contributed by atoms with E-state index in [-0.39, 0.29) is 6.47 Å². The van der Waals surface area contributed by atoms with Gasteiger partial charge in [0, 0.05) is 25.4 Å². The Hall–Kier alpha value is -3.87. The van der Waals surface area contributed by atoms with Crippen LogP contribution in [0.1, 0.15) is 17.7 Å². The second-order valence-electron chi connectivity index (χ2n) is 6.39. The highest BCUT2D eigenvalue weighted by Gasteiger charge is 2.15. The van der Waals surface area contributed by atoms with Crippen molar-refractivity contribution >= 4 is 6.47 Å². The molecule has 4 rings (SSSR count). The van der Waals surface area contributed by atoms with Crippen LogP contribution in [0.4, 0.5) is 0 Å². The summed E-state index contributed by atoms with van der Waals surface area (Å²) in [6.07, 6.45) is 8.69. The van der Waals surface area contributed by atoms with Crippen molar-refractivity contribution in [1.29, 1.82) is 0 Å². The number of hydrogen-bond acceptors (Lipinski definition) is 5. The van der Waals surface area contributed by atoms with Crippen LogP contribution < -0.4 is 4.74 Å². The number of hydrogen-bond donors (Lipinski definition) is 1. The number of rotatable bonds is 8. The first-order valence-electron chi connectivity index (χ1n) is 9.54. The maximum Gasteiger partial charge on any atom is 0.290 e. The van der Waals surface area contributed by atoms with Gasteiger partial charge in [0.1, 0.15) is 5.75 Å². The first-order chi connectivity index (χ1) is 14.8. The maximum atomic E-state index is 8.36. The van der Waals surface area contributed by atoms with E-state index in [9.17, 15) is 0 Å². The molecule has 7 heteroatoms. The van der Waals surface area contributed by atoms with Gasteiger partial charge in [-0.3, -0.25) is 4.79 Å². The van der Waals surface area contributed by atoms with Gasteiger partial charge in [-0.2, -0.15) is 0 Å². The van der Waals surface area contributed by atoms with Crippen molar-refractivity contribution in [2.75, 3.05) is 6.61 Å². The van der Waals surface area contributed by atoms with Gasteiger partial charge in [0.2, 0.25) is 0 Å². The van der Waals surface area contributed by atoms with E-state index in [1.807, 2.05) is 59.6 Å². The van der Waals surface area contributed by atoms with E-state index in [0.29, 0.717) is 6.61 Å². The number of ether oxygens (including phenoxy) is 1. The molecular formula is C23H23N3O4. The fraction of sp³-hybridized carbons (Fsp3) is 0.174. The van der Waals surface area contributed by atoms with Gasteiger partial charge in [0.15, 0.2) is 12.2 Å². The first-order valence-corrected chi connectivity index (χ1v) is 9.54. The number of imidazole rings is 1. The summed E-state index contributed by atoms with van der Waals surface area (Å²) in [4.78, 5) is 16.8. The zero-order valence-corrected chi connectivity index (χ0v) is 16.4. The number of carbonyl (C=O) groups is 1. The third-order valence-corrected chi connectivity index (χ3v) is 4.36. The number of para-hydroxylation sites is 1. The van der Waals surface area contributed by atoms with E-state index in [4.69, 9.17) is 19.1 Å². The van der Waals surface area contributed by atoms with Crippen LogP contribution >= 0.6 is 0 Å². The second kappa shape index (κ2) is 11.2. The summed E-state index contributed by atoms with van der Waals surface area (Å²) in [6.45, 7) is 1.25. The van der Waals surface area contributed by atoms with Crippen LogP contribution in [0.15, 0.2) is 84.1 Å². The standard InChI is InChI=1S/C22H21N3O2.CH2O2/c1-2-7-18(8-3-1)15-20-22(27-17-24-20)19-9-4-5-10-21(19)26-14-6-12-25-13-11-23-16-25;2-1-3/h1-5,7-11,13,16-17H,6,12,14-15H2;1H,(H,2,3). The van der Waals surface area contributed by atoms with Gasteiger partial charge >= 0.3 is 0 Å². The molecule has 4 aromatic rings. The quantitative estimate of drug-likeness (QED) is 0.347. The highest BCUT2D eigenvalue weighted by Crippen LogP contribution is 2.33. The molecular weight excluding hydrogens is 382 g/mol. The number of oxazole rings is 1. The highest BCUT2D eigenvalue weighted by molar-refractivity contribution is 5.67. The number of aromatic nitrogens is 3. The summed E-state index contributed by atoms with van der Waals surface area (Å²) < 4.78 is 13.8. The summed E-state index contributed by atoms with van der Waals surface area (Å²) in [7, 11) is 0. The number of carboxylic acid groups (broad SMARTS) is 1. The molecule has 0 aliphatic rings. The Morgan fingerprint density at radius 2 is 1.87 bits per heavy atom. The summed E-state index contributed by atoms with van der Waals surface area (Å²) in [5, 5.41) is 6.89. The van der Waals surface area contributed by atoms with Crippen LogP contribution in [0, 0.1) is 0 Å². The summed E-state index contributed by atoms with van der Waals surface area (Å²) in [5.74, 6) is 1.58. The molecule has 2 aromatic heterocycles. The van der Waals surface area contributed by atoms with Crippen molar-refractivity contribution in [1.82, 2.24) is 14.5 Å². The molecule has 0 spiro atoms. The molecule has 0 fully saturated rings. The Morgan fingerprint density at radius 1 is 1.10 bits per heavy atom. The molecule has 0 radical (unpaired) electrons. The van der Waals surface area contributed by atoms with Crippen molar-refractivity contribution in [3.05, 3.63) is 91.0 Å². The van der Waals surface area contributed by atoms with Gasteiger partial charge in [0.05, 0.1) is 24.2 Å². The van der Waals surface area contributed by atoms with E-state index in [1.165, 1.54) is 12.0 Å². The topological polar surface area (TPSA) is 90.4 Å². The van der Waals surface area contributed by atoms with Gasteiger partial charge in [-0.25, -0.2) is 9.97 Å². The molecule has 2 aromatic carbocycles. The van der Waals surface area contributed by atoms with Crippen molar-refractivity contribution in [2.45, 2.75) is 19.4 Å². The van der Waals surface area contributed by atoms with Crippen LogP contribution in [0.2, 0.25) is 0 Å². The minimum absolute atomic E-state index is 0.250. The Balaban J connectivity index is 0.000000806. The van der Waals surface area contributed by atoms with Crippen molar-refractivity contribution in [3.8, 4) is 17.1 Å². The molecule has 154 valence electrons. The molecule has 30 heavy (non-hydrogen) atoms. The predicted octanol–water partition coefficient (Wildman–Crippen LogP) is 4.30. The minimum atomic E-state index is -0.250. The average Bonchev–Trinajstić information content (AvgIpc) is 3.45. The third kappa shape index (κ3) is 5.81. The lowest BCUT2D eigenvalue weighted by Gasteiger charge is -2.11. The Labute approximate surface area is 174 Å². The Kier molecular flexibility index (Phi) is 7.79. The minimum Gasteiger partial charge on any atom is -0.493 e. The van der Waals surface area contributed by atoms with Crippen LogP contribution in [-0.4, -0.2) is 32.7 Å². The van der Waals surface area contributed by atoms with Gasteiger partial charge in [-0.15, -0.1) is 0 Å². The van der Waals surface area contributed by atoms with E-state index in [1.54, 1.807) is 6.20 Å². The SMILES string of the molecule is O=CO.c1ccc(Cc2ncoc2-c2ccccc2OCCCn2ccnc2)cc1. The normalized spacial score (nSPS) is 10.1. The molecule has 0 saturated carbocycles. The largest absolute Gasteiger partial charge is 0.493 e. The van der Waals surface area contributed by atoms with Crippen LogP contribution in [0.25, 0.3) is 11.3 Å². The molecule has 0 aliphatic carbocycles. The van der Waals surface area contributed by atoms with Gasteiger partial charge < -0.3 is 18.8 Å². The molecule has 1 N–H and O–H groups in total. The van der Waals surface area contributed by atoms with E-state index >= 15 is 0 Å². The van der Waals surface area contributed by atoms with E-state index in [0.717, 1.165) is 42.2 Å². The fourth-order valence-electron chi connectivity index (χ4n) is 3.03. The first kappa shape index (κ1) is 20.9. The monoisotopic (exact) mass is 405 g/mol. The lowest BCUT2D eigenvalue weighted by molar-refractivity contribution is -0.122. The zero-order chi connectivity index (χ0) is 21.0. The van der Waals surface area contributed by atoms with E-state index < -0.39 is 0 Å². The lowest BCUT2D eigenvalue weighted by atomic mass is 10.0. The van der Waals surface area contributed by atoms with Crippen molar-refractivity contribution in [2.24, 2.45) is 0 Å². The summed E-state index contributed by atoms with van der Waals surface area (Å²) >= 11 is 0. The van der Waals surface area contributed by atoms with Crippen LogP contribution in [0.3, 0.4) is 0 Å². The maximum absolute atomic E-state index is 8.36. The molecule has 0 amide bonds. The second-order valence-corrected chi connectivity index (χ2v) is 6.39. The molecule has 7 nitrogen and oxygen atoms in total. The Bertz CT molecular complexity index is 1010. The zero-order valence-electron chi connectivity index (χ0n) is 16.4. The number of aryl methyl sites for hydroxylation is 1. The lowest BCUT2D eigenvalue weighted by Crippen LogP contribution is -2.04. The number of nitrogens with zero attached hydrogens (tertiary/aromatic N) is 3. The van der Waals surface area contributed by atoms with Crippen molar-refractivity contribution < 1.29 is 19.1 Å². The summed E-state index contributed by atoms with van der Waals surface area (Å²) in [5.41, 5.74) is 3.05. The van der Waals surface area contributed by atoms with Gasteiger partial charge in [-0.1, -0.05) is 42.5 Å². The molecule has 0 unspecified atom stereocenters. The molecule has 0 saturated heterocycles. The van der Waals surface area contributed by atoms with Crippen molar-refractivity contribution in [3.63, 3.8) is 0 Å². The van der Waals surface area contributed by atoms with Crippen LogP contribution in [-0.2, 0) is 17.8 Å². The molecule has 0 aliphatic heterocycles. The van der Waals surface area contributed by atoms with Gasteiger partial charge in [-0.05, 0) is 24.1 Å². The smallest absolute Gasteiger partial charge is 0.290 e. The third-order valence-electron chi connectivity index (χ3n) is 4.36. The average molecular weight is 405 g/mol. The summed E-state index contributed by atoms with van der Waals surface area (Å²) in [6, 6.07) is 18.2. The van der Waals surface area contributed by atoms with Crippen LogP contribution in [0.5, 0.6) is 5.75 Å². The number of benzene rings is 2. The Morgan fingerprint density at radius 3 is 2.63 bits per heavy atom. The predicted molar refractivity (Wildman–Crippen MR) is 112 cm³/mol. The molecule has 0 atom stereocenters. The molecule has 0 bridgehead atoms. The van der Waals surface area contributed by atoms with Gasteiger partial charge in [0.25, 0.3) is 6.47 Å².